The van der Waals surface area contributed by atoms with E-state index in [1.807, 2.05) is 0 Å². The molecule has 0 saturated carbocycles. The zero-order valence-electron chi connectivity index (χ0n) is 9.36. The summed E-state index contributed by atoms with van der Waals surface area (Å²) < 4.78 is 13.3. The van der Waals surface area contributed by atoms with E-state index < -0.39 is 5.82 Å². The number of aliphatic hydroxyl groups excluding tert-OH is 1. The fraction of sp³-hybridized carbons (Fsp3) is 0.0714. The number of aldehydes is 1. The average molecular weight is 265 g/mol. The first-order valence-corrected chi connectivity index (χ1v) is 5.68. The monoisotopic (exact) mass is 264 g/mol. The second kappa shape index (κ2) is 5.29. The fourth-order valence-electron chi connectivity index (χ4n) is 1.85. The van der Waals surface area contributed by atoms with Crippen molar-refractivity contribution in [2.75, 3.05) is 0 Å². The Labute approximate surface area is 109 Å². The fourth-order valence-corrected chi connectivity index (χ4v) is 2.15. The Hall–Kier alpha value is -1.71. The molecular formula is C14H10ClFO2. The number of halogens is 2. The van der Waals surface area contributed by atoms with E-state index in [1.165, 1.54) is 18.2 Å². The second-order valence-corrected chi connectivity index (χ2v) is 4.19. The molecule has 0 heterocycles. The van der Waals surface area contributed by atoms with Crippen LogP contribution in [0.2, 0.25) is 5.02 Å². The summed E-state index contributed by atoms with van der Waals surface area (Å²) in [6, 6.07) is 8.85. The molecular weight excluding hydrogens is 255 g/mol. The maximum Gasteiger partial charge on any atom is 0.150 e. The summed E-state index contributed by atoms with van der Waals surface area (Å²) in [5.74, 6) is -0.459. The summed E-state index contributed by atoms with van der Waals surface area (Å²) in [6.07, 6.45) is 0.638. The van der Waals surface area contributed by atoms with E-state index in [9.17, 15) is 14.3 Å². The zero-order valence-corrected chi connectivity index (χ0v) is 10.1. The van der Waals surface area contributed by atoms with Crippen molar-refractivity contribution in [3.63, 3.8) is 0 Å². The van der Waals surface area contributed by atoms with Crippen LogP contribution in [-0.4, -0.2) is 11.4 Å². The number of aliphatic hydroxyl groups is 1. The van der Waals surface area contributed by atoms with Gasteiger partial charge in [-0.15, -0.1) is 0 Å². The molecule has 0 spiro atoms. The Kier molecular flexibility index (Phi) is 3.75. The van der Waals surface area contributed by atoms with Gasteiger partial charge in [-0.3, -0.25) is 4.79 Å². The van der Waals surface area contributed by atoms with E-state index >= 15 is 0 Å². The van der Waals surface area contributed by atoms with Crippen LogP contribution in [0.5, 0.6) is 0 Å². The lowest BCUT2D eigenvalue weighted by atomic mass is 9.96. The van der Waals surface area contributed by atoms with Gasteiger partial charge < -0.3 is 5.11 Å². The van der Waals surface area contributed by atoms with Gasteiger partial charge in [-0.1, -0.05) is 23.7 Å². The van der Waals surface area contributed by atoms with E-state index in [1.54, 1.807) is 18.2 Å². The van der Waals surface area contributed by atoms with Crippen LogP contribution in [0.15, 0.2) is 36.4 Å². The highest BCUT2D eigenvalue weighted by atomic mass is 35.5. The molecule has 0 radical (unpaired) electrons. The van der Waals surface area contributed by atoms with Gasteiger partial charge in [-0.05, 0) is 35.4 Å². The van der Waals surface area contributed by atoms with Gasteiger partial charge in [0.05, 0.1) is 6.61 Å². The molecule has 0 fully saturated rings. The molecule has 0 aliphatic rings. The maximum absolute atomic E-state index is 13.3. The lowest BCUT2D eigenvalue weighted by Crippen LogP contribution is -1.95. The Morgan fingerprint density at radius 1 is 1.28 bits per heavy atom. The minimum absolute atomic E-state index is 0.231. The lowest BCUT2D eigenvalue weighted by Gasteiger charge is -2.12. The molecule has 2 rings (SSSR count). The van der Waals surface area contributed by atoms with Crippen LogP contribution in [0.25, 0.3) is 11.1 Å². The molecule has 18 heavy (non-hydrogen) atoms. The van der Waals surface area contributed by atoms with Crippen LogP contribution >= 0.6 is 11.6 Å². The number of benzene rings is 2. The molecule has 0 aromatic heterocycles. The van der Waals surface area contributed by atoms with Gasteiger partial charge in [0.15, 0.2) is 6.29 Å². The molecule has 0 aliphatic heterocycles. The van der Waals surface area contributed by atoms with Gasteiger partial charge in [0.1, 0.15) is 5.82 Å². The summed E-state index contributed by atoms with van der Waals surface area (Å²) >= 11 is 6.07. The van der Waals surface area contributed by atoms with Gasteiger partial charge >= 0.3 is 0 Å². The van der Waals surface area contributed by atoms with E-state index in [0.717, 1.165) is 0 Å². The molecule has 2 aromatic rings. The van der Waals surface area contributed by atoms with Crippen LogP contribution in [0.4, 0.5) is 4.39 Å². The summed E-state index contributed by atoms with van der Waals surface area (Å²) in [5, 5.41) is 9.67. The largest absolute Gasteiger partial charge is 0.392 e. The van der Waals surface area contributed by atoms with Gasteiger partial charge in [-0.25, -0.2) is 4.39 Å². The molecule has 0 aliphatic carbocycles. The Bertz CT molecular complexity index is 596. The van der Waals surface area contributed by atoms with Crippen molar-refractivity contribution >= 4 is 17.9 Å². The van der Waals surface area contributed by atoms with Crippen molar-refractivity contribution in [1.29, 1.82) is 0 Å². The van der Waals surface area contributed by atoms with Crippen LogP contribution < -0.4 is 0 Å². The molecule has 2 aromatic carbocycles. The Morgan fingerprint density at radius 3 is 2.72 bits per heavy atom. The van der Waals surface area contributed by atoms with E-state index in [-0.39, 0.29) is 6.61 Å². The maximum atomic E-state index is 13.3. The van der Waals surface area contributed by atoms with Crippen molar-refractivity contribution in [3.8, 4) is 11.1 Å². The van der Waals surface area contributed by atoms with Crippen molar-refractivity contribution in [3.05, 3.63) is 58.4 Å². The standard InChI is InChI=1S/C14H10ClFO2/c15-13-3-1-2-10(8-18)14(13)12-6-11(16)5-4-9(12)7-17/h1-7,18H,8H2. The van der Waals surface area contributed by atoms with Gasteiger partial charge in [0.25, 0.3) is 0 Å². The summed E-state index contributed by atoms with van der Waals surface area (Å²) in [4.78, 5) is 11.0. The molecule has 0 saturated heterocycles. The van der Waals surface area contributed by atoms with Gasteiger partial charge in [-0.2, -0.15) is 0 Å². The lowest BCUT2D eigenvalue weighted by molar-refractivity contribution is 0.112. The quantitative estimate of drug-likeness (QED) is 0.862. The van der Waals surface area contributed by atoms with E-state index in [0.29, 0.717) is 33.6 Å². The Morgan fingerprint density at radius 2 is 2.06 bits per heavy atom. The van der Waals surface area contributed by atoms with Crippen molar-refractivity contribution in [1.82, 2.24) is 0 Å². The predicted molar refractivity (Wildman–Crippen MR) is 68.2 cm³/mol. The molecule has 1 N–H and O–H groups in total. The molecule has 4 heteroatoms. The summed E-state index contributed by atoms with van der Waals surface area (Å²) in [6.45, 7) is -0.231. The zero-order chi connectivity index (χ0) is 13.1. The first kappa shape index (κ1) is 12.7. The summed E-state index contributed by atoms with van der Waals surface area (Å²) in [5.41, 5.74) is 1.76. The van der Waals surface area contributed by atoms with Crippen LogP contribution in [0, 0.1) is 5.82 Å². The SMILES string of the molecule is O=Cc1ccc(F)cc1-c1c(Cl)cccc1CO. The highest BCUT2D eigenvalue weighted by Crippen LogP contribution is 2.33. The summed E-state index contributed by atoms with van der Waals surface area (Å²) in [7, 11) is 0. The average Bonchev–Trinajstić information content (AvgIpc) is 2.38. The molecule has 0 unspecified atom stereocenters. The normalized spacial score (nSPS) is 10.4. The number of carbonyl (C=O) groups is 1. The van der Waals surface area contributed by atoms with Crippen molar-refractivity contribution in [2.24, 2.45) is 0 Å². The smallest absolute Gasteiger partial charge is 0.150 e. The Balaban J connectivity index is 2.75. The number of carbonyl (C=O) groups excluding carboxylic acids is 1. The third-order valence-electron chi connectivity index (χ3n) is 2.68. The minimum atomic E-state index is -0.459. The molecule has 92 valence electrons. The van der Waals surface area contributed by atoms with Gasteiger partial charge in [0.2, 0.25) is 0 Å². The van der Waals surface area contributed by atoms with Crippen LogP contribution in [0.3, 0.4) is 0 Å². The van der Waals surface area contributed by atoms with Crippen molar-refractivity contribution in [2.45, 2.75) is 6.61 Å². The van der Waals surface area contributed by atoms with Crippen molar-refractivity contribution < 1.29 is 14.3 Å². The third kappa shape index (κ3) is 2.28. The first-order chi connectivity index (χ1) is 8.67. The number of rotatable bonds is 3. The topological polar surface area (TPSA) is 37.3 Å². The van der Waals surface area contributed by atoms with Gasteiger partial charge in [0, 0.05) is 16.1 Å². The van der Waals surface area contributed by atoms with Crippen LogP contribution in [-0.2, 0) is 6.61 Å². The number of hydrogen-bond acceptors (Lipinski definition) is 2. The van der Waals surface area contributed by atoms with E-state index in [2.05, 4.69) is 0 Å². The predicted octanol–water partition coefficient (Wildman–Crippen LogP) is 3.45. The van der Waals surface area contributed by atoms with Crippen LogP contribution in [0.1, 0.15) is 15.9 Å². The highest BCUT2D eigenvalue weighted by molar-refractivity contribution is 6.33. The minimum Gasteiger partial charge on any atom is -0.392 e. The molecule has 0 bridgehead atoms. The number of hydrogen-bond donors (Lipinski definition) is 1. The molecule has 0 atom stereocenters. The molecule has 0 amide bonds. The highest BCUT2D eigenvalue weighted by Gasteiger charge is 2.13. The third-order valence-corrected chi connectivity index (χ3v) is 3.00. The molecule has 2 nitrogen and oxygen atoms in total. The second-order valence-electron chi connectivity index (χ2n) is 3.78. The van der Waals surface area contributed by atoms with E-state index in [4.69, 9.17) is 11.6 Å². The first-order valence-electron chi connectivity index (χ1n) is 5.30.